The van der Waals surface area contributed by atoms with E-state index in [1.165, 1.54) is 0 Å². The van der Waals surface area contributed by atoms with Crippen molar-refractivity contribution in [1.82, 2.24) is 4.90 Å². The summed E-state index contributed by atoms with van der Waals surface area (Å²) in [6, 6.07) is 3.55. The maximum absolute atomic E-state index is 13.2. The summed E-state index contributed by atoms with van der Waals surface area (Å²) in [4.78, 5) is 14.9. The third-order valence-corrected chi connectivity index (χ3v) is 6.82. The Morgan fingerprint density at radius 2 is 1.75 bits per heavy atom. The second-order valence-electron chi connectivity index (χ2n) is 9.26. The standard InChI is InChI=1S/C21H30BNO5/c1-13-10-18-14(11-15(13)22-27-20(2,3)21(4,5)28-22)19(25)23(12-26-18)16-8-6-7-9-17(16)24/h10-11,16-17,24H,6-9,12H2,1-5H3. The zero-order valence-electron chi connectivity index (χ0n) is 17.4. The maximum Gasteiger partial charge on any atom is 0.495 e. The van der Waals surface area contributed by atoms with Crippen LogP contribution < -0.4 is 10.2 Å². The Labute approximate surface area is 167 Å². The average molecular weight is 387 g/mol. The zero-order chi connectivity index (χ0) is 20.3. The van der Waals surface area contributed by atoms with Crippen molar-refractivity contribution in [1.29, 1.82) is 0 Å². The minimum Gasteiger partial charge on any atom is -0.472 e. The van der Waals surface area contributed by atoms with Crippen LogP contribution in [-0.2, 0) is 9.31 Å². The first-order chi connectivity index (χ1) is 13.1. The molecule has 2 atom stereocenters. The molecule has 1 N–H and O–H groups in total. The Bertz CT molecular complexity index is 777. The second-order valence-corrected chi connectivity index (χ2v) is 9.26. The van der Waals surface area contributed by atoms with Gasteiger partial charge in [0.15, 0.2) is 6.73 Å². The number of aryl methyl sites for hydroxylation is 1. The van der Waals surface area contributed by atoms with E-state index in [9.17, 15) is 9.90 Å². The van der Waals surface area contributed by atoms with E-state index in [-0.39, 0.29) is 18.7 Å². The van der Waals surface area contributed by atoms with Gasteiger partial charge >= 0.3 is 7.12 Å². The van der Waals surface area contributed by atoms with E-state index in [1.807, 2.05) is 46.8 Å². The average Bonchev–Trinajstić information content (AvgIpc) is 2.83. The van der Waals surface area contributed by atoms with Gasteiger partial charge in [0, 0.05) is 0 Å². The molecule has 3 aliphatic rings. The third kappa shape index (κ3) is 3.13. The van der Waals surface area contributed by atoms with Gasteiger partial charge in [-0.05, 0) is 70.6 Å². The fourth-order valence-corrected chi connectivity index (χ4v) is 4.26. The van der Waals surface area contributed by atoms with Crippen LogP contribution in [0.25, 0.3) is 0 Å². The minimum atomic E-state index is -0.529. The number of aliphatic hydroxyl groups excluding tert-OH is 1. The largest absolute Gasteiger partial charge is 0.495 e. The van der Waals surface area contributed by atoms with Crippen LogP contribution in [0, 0.1) is 6.92 Å². The van der Waals surface area contributed by atoms with Crippen LogP contribution in [-0.4, -0.2) is 53.1 Å². The Morgan fingerprint density at radius 3 is 2.39 bits per heavy atom. The molecule has 152 valence electrons. The lowest BCUT2D eigenvalue weighted by Crippen LogP contribution is -2.52. The molecule has 1 saturated heterocycles. The fraction of sp³-hybridized carbons (Fsp3) is 0.667. The summed E-state index contributed by atoms with van der Waals surface area (Å²) >= 11 is 0. The molecule has 1 aromatic carbocycles. The molecule has 1 amide bonds. The summed E-state index contributed by atoms with van der Waals surface area (Å²) < 4.78 is 18.3. The highest BCUT2D eigenvalue weighted by atomic mass is 16.7. The molecular weight excluding hydrogens is 357 g/mol. The van der Waals surface area contributed by atoms with Crippen molar-refractivity contribution in [3.63, 3.8) is 0 Å². The maximum atomic E-state index is 13.2. The molecule has 2 unspecified atom stereocenters. The summed E-state index contributed by atoms with van der Waals surface area (Å²) in [6.07, 6.45) is 3.07. The van der Waals surface area contributed by atoms with Crippen LogP contribution in [0.5, 0.6) is 5.75 Å². The van der Waals surface area contributed by atoms with E-state index in [1.54, 1.807) is 4.90 Å². The lowest BCUT2D eigenvalue weighted by atomic mass is 9.75. The predicted molar refractivity (Wildman–Crippen MR) is 107 cm³/mol. The number of hydrogen-bond acceptors (Lipinski definition) is 5. The highest BCUT2D eigenvalue weighted by molar-refractivity contribution is 6.62. The van der Waals surface area contributed by atoms with E-state index in [0.717, 1.165) is 36.7 Å². The molecule has 4 rings (SSSR count). The molecule has 1 saturated carbocycles. The molecule has 28 heavy (non-hydrogen) atoms. The zero-order valence-corrected chi connectivity index (χ0v) is 17.4. The molecule has 2 fully saturated rings. The number of hydrogen-bond donors (Lipinski definition) is 1. The summed E-state index contributed by atoms with van der Waals surface area (Å²) in [5.74, 6) is 0.495. The Hall–Kier alpha value is -1.57. The molecule has 0 radical (unpaired) electrons. The van der Waals surface area contributed by atoms with Crippen molar-refractivity contribution in [2.24, 2.45) is 0 Å². The van der Waals surface area contributed by atoms with Gasteiger partial charge in [0.2, 0.25) is 0 Å². The van der Waals surface area contributed by atoms with Crippen LogP contribution in [0.1, 0.15) is 69.3 Å². The quantitative estimate of drug-likeness (QED) is 0.790. The van der Waals surface area contributed by atoms with Gasteiger partial charge in [0.05, 0.1) is 28.9 Å². The first-order valence-corrected chi connectivity index (χ1v) is 10.2. The van der Waals surface area contributed by atoms with Gasteiger partial charge in [-0.2, -0.15) is 0 Å². The van der Waals surface area contributed by atoms with Gasteiger partial charge in [-0.15, -0.1) is 0 Å². The molecule has 0 spiro atoms. The Kier molecular flexibility index (Phi) is 4.76. The number of aliphatic hydroxyl groups is 1. The fourth-order valence-electron chi connectivity index (χ4n) is 4.26. The van der Waals surface area contributed by atoms with Gasteiger partial charge in [0.1, 0.15) is 5.75 Å². The SMILES string of the molecule is Cc1cc2c(cc1B1OC(C)(C)C(C)(C)O1)C(=O)N(C1CCCCC1O)CO2. The van der Waals surface area contributed by atoms with Crippen molar-refractivity contribution < 1.29 is 23.9 Å². The van der Waals surface area contributed by atoms with E-state index >= 15 is 0 Å². The molecule has 1 aliphatic carbocycles. The number of benzene rings is 1. The van der Waals surface area contributed by atoms with E-state index < -0.39 is 24.4 Å². The summed E-state index contributed by atoms with van der Waals surface area (Å²) in [5, 5.41) is 10.4. The van der Waals surface area contributed by atoms with Gasteiger partial charge in [-0.3, -0.25) is 9.69 Å². The minimum absolute atomic E-state index is 0.0926. The molecule has 1 aromatic rings. The lowest BCUT2D eigenvalue weighted by Gasteiger charge is -2.39. The molecule has 2 heterocycles. The summed E-state index contributed by atoms with van der Waals surface area (Å²) in [7, 11) is -0.529. The molecule has 7 heteroatoms. The summed E-state index contributed by atoms with van der Waals surface area (Å²) in [5.41, 5.74) is 1.44. The van der Waals surface area contributed by atoms with Crippen LogP contribution in [0.2, 0.25) is 0 Å². The molecule has 0 bridgehead atoms. The first kappa shape index (κ1) is 19.7. The van der Waals surface area contributed by atoms with Gasteiger partial charge in [-0.1, -0.05) is 12.8 Å². The van der Waals surface area contributed by atoms with E-state index in [0.29, 0.717) is 11.3 Å². The monoisotopic (exact) mass is 387 g/mol. The number of amides is 1. The number of rotatable bonds is 2. The lowest BCUT2D eigenvalue weighted by molar-refractivity contribution is -0.0124. The third-order valence-electron chi connectivity index (χ3n) is 6.82. The highest BCUT2D eigenvalue weighted by Crippen LogP contribution is 2.38. The van der Waals surface area contributed by atoms with Crippen molar-refractivity contribution in [3.05, 3.63) is 23.3 Å². The Morgan fingerprint density at radius 1 is 1.11 bits per heavy atom. The molecule has 6 nitrogen and oxygen atoms in total. The number of ether oxygens (including phenoxy) is 1. The van der Waals surface area contributed by atoms with Crippen molar-refractivity contribution in [3.8, 4) is 5.75 Å². The van der Waals surface area contributed by atoms with E-state index in [2.05, 4.69) is 0 Å². The van der Waals surface area contributed by atoms with Gasteiger partial charge in [0.25, 0.3) is 5.91 Å². The topological polar surface area (TPSA) is 68.2 Å². The smallest absolute Gasteiger partial charge is 0.472 e. The van der Waals surface area contributed by atoms with Gasteiger partial charge in [-0.25, -0.2) is 0 Å². The Balaban J connectivity index is 1.65. The molecule has 2 aliphatic heterocycles. The highest BCUT2D eigenvalue weighted by Gasteiger charge is 2.52. The predicted octanol–water partition coefficient (Wildman–Crippen LogP) is 2.39. The van der Waals surface area contributed by atoms with Crippen molar-refractivity contribution in [2.45, 2.75) is 83.6 Å². The van der Waals surface area contributed by atoms with Crippen LogP contribution >= 0.6 is 0 Å². The van der Waals surface area contributed by atoms with Crippen LogP contribution in [0.3, 0.4) is 0 Å². The van der Waals surface area contributed by atoms with Crippen LogP contribution in [0.4, 0.5) is 0 Å². The summed E-state index contributed by atoms with van der Waals surface area (Å²) in [6.45, 7) is 10.2. The molecular formula is C21H30BNO5. The van der Waals surface area contributed by atoms with Gasteiger partial charge < -0.3 is 19.2 Å². The van der Waals surface area contributed by atoms with Crippen molar-refractivity contribution >= 4 is 18.5 Å². The molecule has 0 aromatic heterocycles. The normalized spacial score (nSPS) is 28.9. The number of fused-ring (bicyclic) bond motifs is 1. The van der Waals surface area contributed by atoms with E-state index in [4.69, 9.17) is 14.0 Å². The number of carbonyl (C=O) groups excluding carboxylic acids is 1. The number of nitrogens with zero attached hydrogens (tertiary/aromatic N) is 1. The van der Waals surface area contributed by atoms with Crippen LogP contribution in [0.15, 0.2) is 12.1 Å². The van der Waals surface area contributed by atoms with Crippen molar-refractivity contribution in [2.75, 3.05) is 6.73 Å². The number of carbonyl (C=O) groups is 1. The first-order valence-electron chi connectivity index (χ1n) is 10.2. The second kappa shape index (κ2) is 6.75.